The van der Waals surface area contributed by atoms with E-state index in [9.17, 15) is 4.79 Å². The second kappa shape index (κ2) is 13.2. The molecule has 0 radical (unpaired) electrons. The number of hydrogen-bond acceptors (Lipinski definition) is 6. The number of allylic oxidation sites excluding steroid dienone is 5. The maximum absolute atomic E-state index is 12.6. The molecule has 190 valence electrons. The number of aromatic amines is 1. The van der Waals surface area contributed by atoms with Gasteiger partial charge in [0.2, 0.25) is 5.91 Å². The van der Waals surface area contributed by atoms with E-state index in [2.05, 4.69) is 63.1 Å². The highest BCUT2D eigenvalue weighted by atomic mass is 16.5. The number of imidazole rings is 1. The number of carbonyl (C=O) groups excluding carboxylic acids is 1. The smallest absolute Gasteiger partial charge is 0.235 e. The van der Waals surface area contributed by atoms with Gasteiger partial charge in [-0.15, -0.1) is 0 Å². The maximum atomic E-state index is 12.6. The lowest BCUT2D eigenvalue weighted by Crippen LogP contribution is -2.44. The van der Waals surface area contributed by atoms with Crippen molar-refractivity contribution in [1.29, 1.82) is 0 Å². The summed E-state index contributed by atoms with van der Waals surface area (Å²) in [6.45, 7) is 7.19. The van der Waals surface area contributed by atoms with Crippen LogP contribution in [0.4, 0.5) is 5.69 Å². The molecule has 2 N–H and O–H groups in total. The molecule has 35 heavy (non-hydrogen) atoms. The molecule has 3 aliphatic rings. The van der Waals surface area contributed by atoms with E-state index < -0.39 is 0 Å². The maximum Gasteiger partial charge on any atom is 0.235 e. The third kappa shape index (κ3) is 6.81. The van der Waals surface area contributed by atoms with Crippen molar-refractivity contribution in [2.24, 2.45) is 5.92 Å². The molecule has 0 bridgehead atoms. The quantitative estimate of drug-likeness (QED) is 0.696. The third-order valence-corrected chi connectivity index (χ3v) is 6.14. The fourth-order valence-corrected chi connectivity index (χ4v) is 4.35. The summed E-state index contributed by atoms with van der Waals surface area (Å²) in [6.07, 6.45) is 11.1. The van der Waals surface area contributed by atoms with Crippen LogP contribution in [-0.2, 0) is 14.3 Å². The van der Waals surface area contributed by atoms with Crippen molar-refractivity contribution in [3.63, 3.8) is 0 Å². The lowest BCUT2D eigenvalue weighted by atomic mass is 9.92. The van der Waals surface area contributed by atoms with E-state index in [0.717, 1.165) is 61.8 Å². The molecule has 1 aromatic carbocycles. The van der Waals surface area contributed by atoms with Crippen LogP contribution < -0.4 is 10.2 Å². The number of ether oxygens (including phenoxy) is 2. The molecule has 2 aliphatic heterocycles. The first kappa shape index (κ1) is 26.7. The number of likely N-dealkylation sites (N-methyl/N-ethyl adjacent to an activating group) is 1. The lowest BCUT2D eigenvalue weighted by molar-refractivity contribution is -0.120. The highest BCUT2D eigenvalue weighted by Gasteiger charge is 2.40. The lowest BCUT2D eigenvalue weighted by Gasteiger charge is -2.34. The SMILES string of the molecule is CCCOC.CN1CCN(c2ccc3nc(C4C(=O)NC5=CC=CC=CC54)[nH]c3c2)CC1.COC. The predicted octanol–water partition coefficient (Wildman–Crippen LogP) is 3.46. The first-order valence-electron chi connectivity index (χ1n) is 12.2. The molecule has 0 saturated carbocycles. The molecule has 5 rings (SSSR count). The second-order valence-corrected chi connectivity index (χ2v) is 8.90. The van der Waals surface area contributed by atoms with E-state index in [-0.39, 0.29) is 17.7 Å². The van der Waals surface area contributed by atoms with Crippen LogP contribution in [0.1, 0.15) is 25.1 Å². The zero-order valence-corrected chi connectivity index (χ0v) is 21.6. The van der Waals surface area contributed by atoms with Gasteiger partial charge < -0.3 is 29.6 Å². The van der Waals surface area contributed by atoms with Gasteiger partial charge in [0, 0.05) is 71.4 Å². The fraction of sp³-hybridized carbons (Fsp3) is 0.481. The van der Waals surface area contributed by atoms with Crippen LogP contribution in [-0.4, -0.2) is 81.9 Å². The molecule has 2 saturated heterocycles. The largest absolute Gasteiger partial charge is 0.388 e. The molecule has 8 nitrogen and oxygen atoms in total. The number of anilines is 1. The van der Waals surface area contributed by atoms with Crippen LogP contribution in [0.5, 0.6) is 0 Å². The molecule has 1 aromatic heterocycles. The number of amides is 1. The number of nitrogens with zero attached hydrogens (tertiary/aromatic N) is 3. The Morgan fingerprint density at radius 3 is 2.49 bits per heavy atom. The minimum Gasteiger partial charge on any atom is -0.388 e. The van der Waals surface area contributed by atoms with E-state index in [4.69, 9.17) is 9.72 Å². The summed E-state index contributed by atoms with van der Waals surface area (Å²) in [5.74, 6) is 0.430. The van der Waals surface area contributed by atoms with Gasteiger partial charge in [-0.2, -0.15) is 0 Å². The summed E-state index contributed by atoms with van der Waals surface area (Å²) < 4.78 is 8.94. The Balaban J connectivity index is 0.000000377. The Hall–Kier alpha value is -2.94. The van der Waals surface area contributed by atoms with Crippen LogP contribution in [0, 0.1) is 5.92 Å². The molecule has 0 spiro atoms. The van der Waals surface area contributed by atoms with Gasteiger partial charge in [0.1, 0.15) is 11.7 Å². The number of carbonyl (C=O) groups is 1. The Morgan fingerprint density at radius 2 is 1.83 bits per heavy atom. The van der Waals surface area contributed by atoms with Gasteiger partial charge in [0.25, 0.3) is 0 Å². The van der Waals surface area contributed by atoms with E-state index in [1.807, 2.05) is 24.3 Å². The average Bonchev–Trinajstić information content (AvgIpc) is 3.32. The van der Waals surface area contributed by atoms with Crippen molar-refractivity contribution in [2.45, 2.75) is 19.3 Å². The highest BCUT2D eigenvalue weighted by Crippen LogP contribution is 2.36. The number of hydrogen-bond donors (Lipinski definition) is 2. The molecule has 1 amide bonds. The molecule has 2 fully saturated rings. The number of rotatable bonds is 4. The highest BCUT2D eigenvalue weighted by molar-refractivity contribution is 5.90. The van der Waals surface area contributed by atoms with Gasteiger partial charge >= 0.3 is 0 Å². The molecule has 2 aromatic rings. The predicted molar refractivity (Wildman–Crippen MR) is 142 cm³/mol. The van der Waals surface area contributed by atoms with Crippen molar-refractivity contribution in [1.82, 2.24) is 20.2 Å². The summed E-state index contributed by atoms with van der Waals surface area (Å²) in [7, 11) is 7.12. The number of benzene rings is 1. The van der Waals surface area contributed by atoms with Crippen LogP contribution in [0.25, 0.3) is 11.0 Å². The van der Waals surface area contributed by atoms with Gasteiger partial charge in [-0.25, -0.2) is 4.98 Å². The van der Waals surface area contributed by atoms with Gasteiger partial charge in [-0.3, -0.25) is 4.79 Å². The molecule has 3 heterocycles. The van der Waals surface area contributed by atoms with Crippen molar-refractivity contribution in [2.75, 3.05) is 66.1 Å². The normalized spacial score (nSPS) is 21.3. The fourth-order valence-electron chi connectivity index (χ4n) is 4.35. The number of nitrogens with one attached hydrogen (secondary N) is 2. The van der Waals surface area contributed by atoms with Crippen molar-refractivity contribution in [3.8, 4) is 0 Å². The summed E-state index contributed by atoms with van der Waals surface area (Å²) in [4.78, 5) is 25.5. The number of aromatic nitrogens is 2. The van der Waals surface area contributed by atoms with Crippen LogP contribution >= 0.6 is 0 Å². The van der Waals surface area contributed by atoms with E-state index in [1.165, 1.54) is 5.69 Å². The molecular formula is C27H39N5O3. The number of methoxy groups -OCH3 is 2. The van der Waals surface area contributed by atoms with E-state index in [0.29, 0.717) is 0 Å². The second-order valence-electron chi connectivity index (χ2n) is 8.90. The molecule has 8 heteroatoms. The molecule has 2 atom stereocenters. The standard InChI is InChI=1S/C21H23N5O.C4H10O.C2H6O/c1-25-9-11-26(12-10-25)14-7-8-17-18(13-14)23-20(22-17)19-15-5-3-2-4-6-16(15)24-21(19)27;1-3-4-5-2;1-3-2/h2-8,13,15,19H,9-12H2,1H3,(H,22,23)(H,24,27);3-4H2,1-2H3;1-2H3. The van der Waals surface area contributed by atoms with Crippen LogP contribution in [0.15, 0.2) is 54.3 Å². The topological polar surface area (TPSA) is 82.7 Å². The zero-order chi connectivity index (χ0) is 25.2. The van der Waals surface area contributed by atoms with Crippen molar-refractivity contribution >= 4 is 22.6 Å². The van der Waals surface area contributed by atoms with E-state index in [1.54, 1.807) is 21.3 Å². The Bertz CT molecular complexity index is 1050. The molecule has 1 aliphatic carbocycles. The summed E-state index contributed by atoms with van der Waals surface area (Å²) in [6, 6.07) is 6.34. The number of fused-ring (bicyclic) bond motifs is 2. The summed E-state index contributed by atoms with van der Waals surface area (Å²) in [5.41, 5.74) is 4.04. The Morgan fingerprint density at radius 1 is 1.09 bits per heavy atom. The zero-order valence-electron chi connectivity index (χ0n) is 21.6. The van der Waals surface area contributed by atoms with Gasteiger partial charge in [-0.1, -0.05) is 31.2 Å². The monoisotopic (exact) mass is 481 g/mol. The Labute approximate surface area is 208 Å². The molecular weight excluding hydrogens is 442 g/mol. The van der Waals surface area contributed by atoms with Crippen molar-refractivity contribution < 1.29 is 14.3 Å². The summed E-state index contributed by atoms with van der Waals surface area (Å²) >= 11 is 0. The average molecular weight is 482 g/mol. The third-order valence-electron chi connectivity index (χ3n) is 6.14. The molecule has 2 unspecified atom stereocenters. The first-order chi connectivity index (χ1) is 17.0. The Kier molecular flexibility index (Phi) is 10.1. The first-order valence-corrected chi connectivity index (χ1v) is 12.2. The van der Waals surface area contributed by atoms with E-state index >= 15 is 0 Å². The van der Waals surface area contributed by atoms with Gasteiger partial charge in [-0.05, 0) is 37.7 Å². The number of H-pyrrole nitrogens is 1. The van der Waals surface area contributed by atoms with Crippen molar-refractivity contribution in [3.05, 3.63) is 60.1 Å². The summed E-state index contributed by atoms with van der Waals surface area (Å²) in [5, 5.41) is 3.00. The van der Waals surface area contributed by atoms with Crippen LogP contribution in [0.2, 0.25) is 0 Å². The van der Waals surface area contributed by atoms with Crippen LogP contribution in [0.3, 0.4) is 0 Å². The van der Waals surface area contributed by atoms with Gasteiger partial charge in [0.15, 0.2) is 0 Å². The minimum absolute atomic E-state index is 0.00421. The minimum atomic E-state index is -0.313. The number of piperazine rings is 1. The van der Waals surface area contributed by atoms with Gasteiger partial charge in [0.05, 0.1) is 11.0 Å².